The zero-order valence-corrected chi connectivity index (χ0v) is 11.7. The second-order valence-electron chi connectivity index (χ2n) is 5.29. The van der Waals surface area contributed by atoms with Gasteiger partial charge in [0, 0.05) is 18.2 Å². The molecule has 4 heteroatoms. The van der Waals surface area contributed by atoms with Crippen molar-refractivity contribution in [1.29, 1.82) is 0 Å². The van der Waals surface area contributed by atoms with E-state index in [0.717, 1.165) is 11.6 Å². The molecule has 0 aliphatic heterocycles. The number of hydrogen-bond donors (Lipinski definition) is 3. The van der Waals surface area contributed by atoms with Crippen LogP contribution in [0.25, 0.3) is 0 Å². The van der Waals surface area contributed by atoms with Crippen LogP contribution in [0.3, 0.4) is 0 Å². The number of amides is 1. The van der Waals surface area contributed by atoms with Gasteiger partial charge in [-0.05, 0) is 50.8 Å². The van der Waals surface area contributed by atoms with Crippen LogP contribution in [-0.4, -0.2) is 18.5 Å². The lowest BCUT2D eigenvalue weighted by Crippen LogP contribution is -2.31. The number of hydrogen-bond acceptors (Lipinski definition) is 3. The fourth-order valence-corrected chi connectivity index (χ4v) is 2.39. The van der Waals surface area contributed by atoms with Crippen LogP contribution >= 0.6 is 0 Å². The first-order valence-electron chi connectivity index (χ1n) is 7.06. The van der Waals surface area contributed by atoms with Gasteiger partial charge < -0.3 is 16.4 Å². The standard InChI is InChI=1S/C15H23N3O/c1-3-17-15(19)12-7-8-13(16)14(9-12)18-10(2)11-5-4-6-11/h7-11,18H,3-6,16H2,1-2H3,(H,17,19). The number of anilines is 2. The third-order valence-electron chi connectivity index (χ3n) is 3.89. The average Bonchev–Trinajstić information content (AvgIpc) is 2.30. The third-order valence-corrected chi connectivity index (χ3v) is 3.89. The molecule has 1 aliphatic carbocycles. The summed E-state index contributed by atoms with van der Waals surface area (Å²) in [6, 6.07) is 5.80. The number of benzene rings is 1. The van der Waals surface area contributed by atoms with Crippen LogP contribution < -0.4 is 16.4 Å². The first kappa shape index (κ1) is 13.7. The molecule has 0 saturated heterocycles. The van der Waals surface area contributed by atoms with Crippen molar-refractivity contribution >= 4 is 17.3 Å². The Bertz CT molecular complexity index is 455. The van der Waals surface area contributed by atoms with E-state index in [-0.39, 0.29) is 5.91 Å². The lowest BCUT2D eigenvalue weighted by molar-refractivity contribution is 0.0956. The van der Waals surface area contributed by atoms with E-state index < -0.39 is 0 Å². The Morgan fingerprint density at radius 1 is 1.47 bits per heavy atom. The minimum Gasteiger partial charge on any atom is -0.397 e. The second-order valence-corrected chi connectivity index (χ2v) is 5.29. The zero-order chi connectivity index (χ0) is 13.8. The van der Waals surface area contributed by atoms with Crippen molar-refractivity contribution in [3.8, 4) is 0 Å². The third kappa shape index (κ3) is 3.19. The normalized spacial score (nSPS) is 16.5. The highest BCUT2D eigenvalue weighted by Gasteiger charge is 2.24. The van der Waals surface area contributed by atoms with Crippen LogP contribution in [0, 0.1) is 5.92 Å². The van der Waals surface area contributed by atoms with E-state index in [9.17, 15) is 4.79 Å². The SMILES string of the molecule is CCNC(=O)c1ccc(N)c(NC(C)C2CCC2)c1. The van der Waals surface area contributed by atoms with Gasteiger partial charge in [0.05, 0.1) is 11.4 Å². The molecule has 104 valence electrons. The van der Waals surface area contributed by atoms with E-state index in [0.29, 0.717) is 23.8 Å². The van der Waals surface area contributed by atoms with E-state index in [1.165, 1.54) is 19.3 Å². The van der Waals surface area contributed by atoms with Gasteiger partial charge in [-0.2, -0.15) is 0 Å². The predicted octanol–water partition coefficient (Wildman–Crippen LogP) is 2.62. The van der Waals surface area contributed by atoms with Gasteiger partial charge in [0.25, 0.3) is 5.91 Å². The van der Waals surface area contributed by atoms with E-state index in [1.807, 2.05) is 13.0 Å². The van der Waals surface area contributed by atoms with Gasteiger partial charge in [-0.15, -0.1) is 0 Å². The molecule has 19 heavy (non-hydrogen) atoms. The van der Waals surface area contributed by atoms with Gasteiger partial charge in [-0.3, -0.25) is 4.79 Å². The Kier molecular flexibility index (Phi) is 4.30. The number of rotatable bonds is 5. The number of carbonyl (C=O) groups excluding carboxylic acids is 1. The molecule has 1 aromatic carbocycles. The van der Waals surface area contributed by atoms with Gasteiger partial charge in [0.2, 0.25) is 0 Å². The summed E-state index contributed by atoms with van der Waals surface area (Å²) in [6.07, 6.45) is 3.89. The summed E-state index contributed by atoms with van der Waals surface area (Å²) in [6.45, 7) is 4.72. The van der Waals surface area contributed by atoms with Gasteiger partial charge in [-0.25, -0.2) is 0 Å². The number of nitrogen functional groups attached to an aromatic ring is 1. The van der Waals surface area contributed by atoms with Crippen molar-refractivity contribution in [2.45, 2.75) is 39.2 Å². The molecule has 1 amide bonds. The second kappa shape index (κ2) is 5.95. The van der Waals surface area contributed by atoms with Crippen LogP contribution in [0.1, 0.15) is 43.5 Å². The van der Waals surface area contributed by atoms with Crippen molar-refractivity contribution in [3.63, 3.8) is 0 Å². The highest BCUT2D eigenvalue weighted by molar-refractivity contribution is 5.96. The van der Waals surface area contributed by atoms with Crippen molar-refractivity contribution in [3.05, 3.63) is 23.8 Å². The minimum absolute atomic E-state index is 0.0538. The topological polar surface area (TPSA) is 67.2 Å². The Morgan fingerprint density at radius 3 is 2.79 bits per heavy atom. The lowest BCUT2D eigenvalue weighted by Gasteiger charge is -2.32. The predicted molar refractivity (Wildman–Crippen MR) is 79.3 cm³/mol. The summed E-state index contributed by atoms with van der Waals surface area (Å²) >= 11 is 0. The molecule has 0 heterocycles. The maximum absolute atomic E-state index is 11.8. The van der Waals surface area contributed by atoms with E-state index in [4.69, 9.17) is 5.73 Å². The first-order valence-corrected chi connectivity index (χ1v) is 7.06. The largest absolute Gasteiger partial charge is 0.397 e. The van der Waals surface area contributed by atoms with Crippen molar-refractivity contribution < 1.29 is 4.79 Å². The van der Waals surface area contributed by atoms with E-state index in [1.54, 1.807) is 12.1 Å². The molecule has 4 nitrogen and oxygen atoms in total. The Hall–Kier alpha value is -1.71. The Morgan fingerprint density at radius 2 is 2.21 bits per heavy atom. The summed E-state index contributed by atoms with van der Waals surface area (Å²) < 4.78 is 0. The Labute approximate surface area is 114 Å². The number of nitrogens with two attached hydrogens (primary N) is 1. The molecular weight excluding hydrogens is 238 g/mol. The summed E-state index contributed by atoms with van der Waals surface area (Å²) in [5.74, 6) is 0.675. The zero-order valence-electron chi connectivity index (χ0n) is 11.7. The molecule has 0 aromatic heterocycles. The summed E-state index contributed by atoms with van der Waals surface area (Å²) in [4.78, 5) is 11.8. The maximum Gasteiger partial charge on any atom is 0.251 e. The quantitative estimate of drug-likeness (QED) is 0.714. The van der Waals surface area contributed by atoms with E-state index in [2.05, 4.69) is 17.6 Å². The van der Waals surface area contributed by atoms with Gasteiger partial charge in [0.1, 0.15) is 0 Å². The monoisotopic (exact) mass is 261 g/mol. The molecule has 4 N–H and O–H groups in total. The molecular formula is C15H23N3O. The molecule has 1 atom stereocenters. The summed E-state index contributed by atoms with van der Waals surface area (Å²) in [5, 5.41) is 6.24. The average molecular weight is 261 g/mol. The van der Waals surface area contributed by atoms with Crippen LogP contribution in [-0.2, 0) is 0 Å². The van der Waals surface area contributed by atoms with Gasteiger partial charge in [-0.1, -0.05) is 6.42 Å². The van der Waals surface area contributed by atoms with Gasteiger partial charge >= 0.3 is 0 Å². The molecule has 1 fully saturated rings. The highest BCUT2D eigenvalue weighted by atomic mass is 16.1. The van der Waals surface area contributed by atoms with Crippen LogP contribution in [0.5, 0.6) is 0 Å². The summed E-state index contributed by atoms with van der Waals surface area (Å²) in [5.41, 5.74) is 8.19. The maximum atomic E-state index is 11.8. The number of nitrogens with one attached hydrogen (secondary N) is 2. The summed E-state index contributed by atoms with van der Waals surface area (Å²) in [7, 11) is 0. The molecule has 0 spiro atoms. The first-order chi connectivity index (χ1) is 9.11. The van der Waals surface area contributed by atoms with Crippen molar-refractivity contribution in [2.75, 3.05) is 17.6 Å². The van der Waals surface area contributed by atoms with Crippen molar-refractivity contribution in [1.82, 2.24) is 5.32 Å². The fourth-order valence-electron chi connectivity index (χ4n) is 2.39. The molecule has 0 radical (unpaired) electrons. The lowest BCUT2D eigenvalue weighted by atomic mass is 9.80. The fraction of sp³-hybridized carbons (Fsp3) is 0.533. The molecule has 1 unspecified atom stereocenters. The molecule has 0 bridgehead atoms. The molecule has 1 aliphatic rings. The van der Waals surface area contributed by atoms with Crippen LogP contribution in [0.4, 0.5) is 11.4 Å². The molecule has 1 saturated carbocycles. The Balaban J connectivity index is 2.10. The molecule has 2 rings (SSSR count). The van der Waals surface area contributed by atoms with Crippen LogP contribution in [0.2, 0.25) is 0 Å². The van der Waals surface area contributed by atoms with E-state index >= 15 is 0 Å². The van der Waals surface area contributed by atoms with Crippen LogP contribution in [0.15, 0.2) is 18.2 Å². The molecule has 1 aromatic rings. The van der Waals surface area contributed by atoms with Crippen molar-refractivity contribution in [2.24, 2.45) is 5.92 Å². The van der Waals surface area contributed by atoms with Gasteiger partial charge in [0.15, 0.2) is 0 Å². The highest BCUT2D eigenvalue weighted by Crippen LogP contribution is 2.32. The smallest absolute Gasteiger partial charge is 0.251 e. The number of carbonyl (C=O) groups is 1. The minimum atomic E-state index is -0.0538.